The highest BCUT2D eigenvalue weighted by molar-refractivity contribution is 7.19. The average Bonchev–Trinajstić information content (AvgIpc) is 3.09. The van der Waals surface area contributed by atoms with Gasteiger partial charge in [-0.3, -0.25) is 0 Å². The second-order valence-corrected chi connectivity index (χ2v) is 6.51. The molecule has 1 aliphatic rings. The van der Waals surface area contributed by atoms with E-state index in [-0.39, 0.29) is 0 Å². The van der Waals surface area contributed by atoms with Gasteiger partial charge in [0.05, 0.1) is 5.39 Å². The Bertz CT molecular complexity index is 764. The van der Waals surface area contributed by atoms with Gasteiger partial charge in [0.2, 0.25) is 0 Å². The Morgan fingerprint density at radius 2 is 2.00 bits per heavy atom. The molecule has 0 amide bonds. The van der Waals surface area contributed by atoms with Crippen molar-refractivity contribution < 1.29 is 0 Å². The van der Waals surface area contributed by atoms with E-state index in [0.29, 0.717) is 0 Å². The lowest BCUT2D eigenvalue weighted by atomic mass is 10.1. The van der Waals surface area contributed by atoms with Crippen molar-refractivity contribution in [1.29, 1.82) is 0 Å². The third-order valence-corrected chi connectivity index (χ3v) is 5.25. The highest BCUT2D eigenvalue weighted by atomic mass is 32.1. The van der Waals surface area contributed by atoms with Crippen molar-refractivity contribution in [3.05, 3.63) is 52.7 Å². The summed E-state index contributed by atoms with van der Waals surface area (Å²) in [7, 11) is 0. The van der Waals surface area contributed by atoms with Crippen LogP contribution >= 0.6 is 11.3 Å². The number of benzene rings is 1. The zero-order chi connectivity index (χ0) is 14.1. The first kappa shape index (κ1) is 12.8. The molecule has 106 valence electrons. The Hall–Kier alpha value is -1.94. The summed E-state index contributed by atoms with van der Waals surface area (Å²) in [6.45, 7) is 0.904. The van der Waals surface area contributed by atoms with Gasteiger partial charge in [-0.15, -0.1) is 11.3 Å². The van der Waals surface area contributed by atoms with Crippen LogP contribution in [0, 0.1) is 0 Å². The number of anilines is 1. The first-order valence-electron chi connectivity index (χ1n) is 7.45. The van der Waals surface area contributed by atoms with E-state index in [2.05, 4.69) is 45.6 Å². The number of nitrogens with zero attached hydrogens (tertiary/aromatic N) is 2. The van der Waals surface area contributed by atoms with Gasteiger partial charge in [0.15, 0.2) is 0 Å². The van der Waals surface area contributed by atoms with Crippen LogP contribution in [-0.4, -0.2) is 16.5 Å². The van der Waals surface area contributed by atoms with Crippen LogP contribution in [0.15, 0.2) is 36.7 Å². The van der Waals surface area contributed by atoms with Gasteiger partial charge in [0, 0.05) is 11.4 Å². The molecule has 0 saturated carbocycles. The molecule has 0 atom stereocenters. The number of aryl methyl sites for hydroxylation is 2. The average molecular weight is 295 g/mol. The SMILES string of the molecule is c1ccc(CCNc2ncnc3sc4c(c23)CCC4)cc1. The number of nitrogens with one attached hydrogen (secondary N) is 1. The van der Waals surface area contributed by atoms with E-state index in [4.69, 9.17) is 0 Å². The molecular weight excluding hydrogens is 278 g/mol. The van der Waals surface area contributed by atoms with Crippen LogP contribution < -0.4 is 5.32 Å². The molecule has 1 aliphatic carbocycles. The molecule has 0 saturated heterocycles. The first-order chi connectivity index (χ1) is 10.4. The van der Waals surface area contributed by atoms with Crippen LogP contribution in [0.1, 0.15) is 22.4 Å². The van der Waals surface area contributed by atoms with Crippen molar-refractivity contribution in [3.8, 4) is 0 Å². The molecular formula is C17H17N3S. The van der Waals surface area contributed by atoms with Gasteiger partial charge < -0.3 is 5.32 Å². The highest BCUT2D eigenvalue weighted by Crippen LogP contribution is 2.38. The van der Waals surface area contributed by atoms with E-state index in [1.165, 1.54) is 40.7 Å². The van der Waals surface area contributed by atoms with Gasteiger partial charge in [-0.25, -0.2) is 9.97 Å². The summed E-state index contributed by atoms with van der Waals surface area (Å²) in [5.74, 6) is 1.01. The van der Waals surface area contributed by atoms with Crippen LogP contribution in [0.5, 0.6) is 0 Å². The number of hydrogen-bond acceptors (Lipinski definition) is 4. The van der Waals surface area contributed by atoms with E-state index in [9.17, 15) is 0 Å². The van der Waals surface area contributed by atoms with Crippen LogP contribution in [-0.2, 0) is 19.3 Å². The smallest absolute Gasteiger partial charge is 0.138 e. The van der Waals surface area contributed by atoms with E-state index in [1.54, 1.807) is 6.33 Å². The highest BCUT2D eigenvalue weighted by Gasteiger charge is 2.20. The number of fused-ring (bicyclic) bond motifs is 3. The Labute approximate surface area is 128 Å². The molecule has 0 radical (unpaired) electrons. The maximum Gasteiger partial charge on any atom is 0.138 e. The lowest BCUT2D eigenvalue weighted by Crippen LogP contribution is -2.07. The standard InChI is InChI=1S/C17H17N3S/c1-2-5-12(6-3-1)9-10-18-16-15-13-7-4-8-14(13)21-17(15)20-11-19-16/h1-3,5-6,11H,4,7-10H2,(H,18,19,20). The van der Waals surface area contributed by atoms with Crippen molar-refractivity contribution in [3.63, 3.8) is 0 Å². The Balaban J connectivity index is 1.56. The van der Waals surface area contributed by atoms with Crippen molar-refractivity contribution in [2.45, 2.75) is 25.7 Å². The summed E-state index contributed by atoms with van der Waals surface area (Å²) < 4.78 is 0. The maximum absolute atomic E-state index is 4.47. The first-order valence-corrected chi connectivity index (χ1v) is 8.26. The van der Waals surface area contributed by atoms with E-state index < -0.39 is 0 Å². The van der Waals surface area contributed by atoms with Crippen LogP contribution in [0.3, 0.4) is 0 Å². The minimum atomic E-state index is 0.904. The van der Waals surface area contributed by atoms with Gasteiger partial charge in [0.1, 0.15) is 17.0 Å². The molecule has 4 heteroatoms. The quantitative estimate of drug-likeness (QED) is 0.795. The molecule has 2 aromatic heterocycles. The van der Waals surface area contributed by atoms with Crippen molar-refractivity contribution in [2.24, 2.45) is 0 Å². The molecule has 0 fully saturated rings. The number of rotatable bonds is 4. The van der Waals surface area contributed by atoms with Gasteiger partial charge in [-0.1, -0.05) is 30.3 Å². The van der Waals surface area contributed by atoms with Crippen LogP contribution in [0.25, 0.3) is 10.2 Å². The van der Waals surface area contributed by atoms with E-state index >= 15 is 0 Å². The topological polar surface area (TPSA) is 37.8 Å². The van der Waals surface area contributed by atoms with Gasteiger partial charge in [-0.05, 0) is 36.8 Å². The molecule has 0 unspecified atom stereocenters. The van der Waals surface area contributed by atoms with Gasteiger partial charge in [0.25, 0.3) is 0 Å². The van der Waals surface area contributed by atoms with Crippen LogP contribution in [0.4, 0.5) is 5.82 Å². The largest absolute Gasteiger partial charge is 0.369 e. The number of aromatic nitrogens is 2. The second-order valence-electron chi connectivity index (χ2n) is 5.42. The minimum absolute atomic E-state index is 0.904. The van der Waals surface area contributed by atoms with Crippen molar-refractivity contribution in [2.75, 3.05) is 11.9 Å². The third-order valence-electron chi connectivity index (χ3n) is 4.05. The molecule has 0 aliphatic heterocycles. The Morgan fingerprint density at radius 1 is 1.10 bits per heavy atom. The maximum atomic E-state index is 4.47. The summed E-state index contributed by atoms with van der Waals surface area (Å²) in [4.78, 5) is 11.6. The second kappa shape index (κ2) is 5.45. The predicted octanol–water partition coefficient (Wildman–Crippen LogP) is 3.83. The summed E-state index contributed by atoms with van der Waals surface area (Å²) in [6, 6.07) is 10.6. The fourth-order valence-electron chi connectivity index (χ4n) is 3.03. The van der Waals surface area contributed by atoms with E-state index in [1.807, 2.05) is 11.3 Å². The molecule has 4 rings (SSSR count). The Kier molecular flexibility index (Phi) is 3.31. The summed E-state index contributed by atoms with van der Waals surface area (Å²) in [6.07, 6.45) is 6.35. The van der Waals surface area contributed by atoms with Crippen LogP contribution in [0.2, 0.25) is 0 Å². The zero-order valence-corrected chi connectivity index (χ0v) is 12.6. The monoisotopic (exact) mass is 295 g/mol. The summed E-state index contributed by atoms with van der Waals surface area (Å²) in [5.41, 5.74) is 2.84. The molecule has 0 bridgehead atoms. The molecule has 2 heterocycles. The lowest BCUT2D eigenvalue weighted by molar-refractivity contribution is 0.916. The molecule has 0 spiro atoms. The molecule has 3 aromatic rings. The van der Waals surface area contributed by atoms with Gasteiger partial charge >= 0.3 is 0 Å². The molecule has 1 N–H and O–H groups in total. The number of hydrogen-bond donors (Lipinski definition) is 1. The third kappa shape index (κ3) is 2.40. The Morgan fingerprint density at radius 3 is 2.90 bits per heavy atom. The zero-order valence-electron chi connectivity index (χ0n) is 11.8. The summed E-state index contributed by atoms with van der Waals surface area (Å²) >= 11 is 1.84. The summed E-state index contributed by atoms with van der Waals surface area (Å²) in [5, 5.41) is 4.77. The van der Waals surface area contributed by atoms with E-state index in [0.717, 1.165) is 23.6 Å². The fraction of sp³-hybridized carbons (Fsp3) is 0.294. The number of thiophene rings is 1. The van der Waals surface area contributed by atoms with Gasteiger partial charge in [-0.2, -0.15) is 0 Å². The predicted molar refractivity (Wildman–Crippen MR) is 88.1 cm³/mol. The fourth-order valence-corrected chi connectivity index (χ4v) is 4.26. The molecule has 3 nitrogen and oxygen atoms in total. The van der Waals surface area contributed by atoms with Crippen molar-refractivity contribution in [1.82, 2.24) is 9.97 Å². The molecule has 21 heavy (non-hydrogen) atoms. The lowest BCUT2D eigenvalue weighted by Gasteiger charge is -2.07. The minimum Gasteiger partial charge on any atom is -0.369 e. The van der Waals surface area contributed by atoms with Crippen molar-refractivity contribution >= 4 is 27.4 Å². The normalized spacial score (nSPS) is 13.5. The molecule has 1 aromatic carbocycles.